The van der Waals surface area contributed by atoms with Crippen molar-refractivity contribution in [1.29, 1.82) is 0 Å². The van der Waals surface area contributed by atoms with Crippen molar-refractivity contribution in [2.75, 3.05) is 10.6 Å². The summed E-state index contributed by atoms with van der Waals surface area (Å²) in [4.78, 5) is 14.0. The summed E-state index contributed by atoms with van der Waals surface area (Å²) in [6, 6.07) is 7.18. The molecule has 0 spiro atoms. The summed E-state index contributed by atoms with van der Waals surface area (Å²) in [5.74, 6) is 0.880. The Labute approximate surface area is 182 Å². The number of fused-ring (bicyclic) bond motifs is 1. The lowest BCUT2D eigenvalue weighted by molar-refractivity contribution is 0.126. The van der Waals surface area contributed by atoms with Crippen LogP contribution >= 0.6 is 0 Å². The van der Waals surface area contributed by atoms with E-state index in [4.69, 9.17) is 9.97 Å². The number of nitrogens with one attached hydrogen (secondary N) is 2. The predicted molar refractivity (Wildman–Crippen MR) is 121 cm³/mol. The maximum Gasteiger partial charge on any atom is 0.224 e. The van der Waals surface area contributed by atoms with Gasteiger partial charge in [0.25, 0.3) is 0 Å². The van der Waals surface area contributed by atoms with E-state index in [9.17, 15) is 9.50 Å². The van der Waals surface area contributed by atoms with E-state index in [0.29, 0.717) is 23.1 Å². The first kappa shape index (κ1) is 21.5. The molecule has 2 aromatic heterocycles. The molecule has 2 saturated carbocycles. The van der Waals surface area contributed by atoms with Crippen LogP contribution in [0.1, 0.15) is 64.8 Å². The first-order chi connectivity index (χ1) is 14.7. The Balaban J connectivity index is 0.00000231. The van der Waals surface area contributed by atoms with Crippen molar-refractivity contribution in [2.24, 2.45) is 0 Å². The lowest BCUT2D eigenvalue weighted by Crippen LogP contribution is -2.29. The Morgan fingerprint density at radius 1 is 1.00 bits per heavy atom. The molecule has 166 valence electrons. The maximum atomic E-state index is 14.2. The zero-order chi connectivity index (χ0) is 20.5. The number of nitrogens with zero attached hydrogens (tertiary/aromatic N) is 4. The molecule has 2 fully saturated rings. The Hall–Kier alpha value is -2.74. The van der Waals surface area contributed by atoms with E-state index in [-0.39, 0.29) is 31.4 Å². The molecule has 7 nitrogen and oxygen atoms in total. The van der Waals surface area contributed by atoms with Gasteiger partial charge in [-0.1, -0.05) is 32.4 Å². The fourth-order valence-corrected chi connectivity index (χ4v) is 4.64. The number of anilines is 3. The molecule has 1 aromatic carbocycles. The summed E-state index contributed by atoms with van der Waals surface area (Å²) < 4.78 is 16.4. The third-order valence-electron chi connectivity index (χ3n) is 6.27. The van der Waals surface area contributed by atoms with Gasteiger partial charge in [0.1, 0.15) is 11.3 Å². The minimum absolute atomic E-state index is 0. The Morgan fingerprint density at radius 3 is 2.48 bits per heavy atom. The normalized spacial score (nSPS) is 21.7. The second kappa shape index (κ2) is 9.18. The van der Waals surface area contributed by atoms with Crippen molar-refractivity contribution in [2.45, 2.75) is 77.0 Å². The number of hydrogen-bond acceptors (Lipinski definition) is 6. The number of aliphatic hydroxyl groups excluding tert-OH is 1. The molecular weight excluding hydrogens is 395 g/mol. The van der Waals surface area contributed by atoms with Crippen molar-refractivity contribution in [3.8, 4) is 0 Å². The van der Waals surface area contributed by atoms with E-state index in [1.54, 1.807) is 24.4 Å². The van der Waals surface area contributed by atoms with Crippen LogP contribution in [0.4, 0.5) is 22.0 Å². The summed E-state index contributed by atoms with van der Waals surface area (Å²) in [6.07, 6.45) is 9.42. The fraction of sp³-hybridized carbons (Fsp3) is 0.522. The average molecular weight is 427 g/mol. The number of imidazole rings is 1. The van der Waals surface area contributed by atoms with E-state index < -0.39 is 0 Å². The minimum atomic E-state index is -0.310. The van der Waals surface area contributed by atoms with Crippen LogP contribution in [0.25, 0.3) is 11.2 Å². The van der Waals surface area contributed by atoms with Gasteiger partial charge >= 0.3 is 0 Å². The van der Waals surface area contributed by atoms with Crippen LogP contribution in [-0.4, -0.2) is 36.8 Å². The van der Waals surface area contributed by atoms with Gasteiger partial charge in [-0.2, -0.15) is 4.98 Å². The molecule has 0 radical (unpaired) electrons. The molecule has 0 saturated heterocycles. The summed E-state index contributed by atoms with van der Waals surface area (Å²) in [5, 5.41) is 16.3. The molecule has 2 heterocycles. The molecule has 31 heavy (non-hydrogen) atoms. The van der Waals surface area contributed by atoms with E-state index in [0.717, 1.165) is 44.2 Å². The van der Waals surface area contributed by atoms with Crippen molar-refractivity contribution in [3.63, 3.8) is 0 Å². The number of aliphatic hydroxyl groups is 1. The summed E-state index contributed by atoms with van der Waals surface area (Å²) in [5.41, 5.74) is 1.87. The average Bonchev–Trinajstić information content (AvgIpc) is 3.38. The van der Waals surface area contributed by atoms with Gasteiger partial charge < -0.3 is 15.7 Å². The number of halogens is 1. The summed E-state index contributed by atoms with van der Waals surface area (Å²) in [7, 11) is 0. The van der Waals surface area contributed by atoms with Crippen molar-refractivity contribution < 1.29 is 9.50 Å². The topological polar surface area (TPSA) is 87.9 Å². The van der Waals surface area contributed by atoms with E-state index in [1.807, 2.05) is 0 Å². The second-order valence-corrected chi connectivity index (χ2v) is 8.40. The quantitative estimate of drug-likeness (QED) is 0.521. The molecule has 3 N–H and O–H groups in total. The van der Waals surface area contributed by atoms with Gasteiger partial charge in [-0.05, 0) is 50.7 Å². The highest BCUT2D eigenvalue weighted by Crippen LogP contribution is 2.36. The van der Waals surface area contributed by atoms with Gasteiger partial charge in [-0.15, -0.1) is 0 Å². The molecular formula is C23H31FN6O. The Bertz CT molecular complexity index is 1020. The third-order valence-corrected chi connectivity index (χ3v) is 6.27. The number of aromatic nitrogens is 4. The van der Waals surface area contributed by atoms with Crippen molar-refractivity contribution in [1.82, 2.24) is 19.5 Å². The second-order valence-electron chi connectivity index (χ2n) is 8.40. The predicted octanol–water partition coefficient (Wildman–Crippen LogP) is 5.18. The van der Waals surface area contributed by atoms with Crippen LogP contribution in [0.5, 0.6) is 0 Å². The SMILES string of the molecule is C.OC1CCC(Nc2ncc3nc(Nc4ccccc4F)n(C4CCCC4)c3n2)CC1. The van der Waals surface area contributed by atoms with E-state index >= 15 is 0 Å². The molecule has 8 heteroatoms. The van der Waals surface area contributed by atoms with E-state index in [2.05, 4.69) is 20.2 Å². The lowest BCUT2D eigenvalue weighted by atomic mass is 9.93. The molecule has 0 atom stereocenters. The highest BCUT2D eigenvalue weighted by Gasteiger charge is 2.25. The Kier molecular flexibility index (Phi) is 6.36. The number of hydrogen-bond donors (Lipinski definition) is 3. The smallest absolute Gasteiger partial charge is 0.224 e. The molecule has 2 aliphatic rings. The van der Waals surface area contributed by atoms with Crippen LogP contribution < -0.4 is 10.6 Å². The van der Waals surface area contributed by atoms with Gasteiger partial charge in [-0.25, -0.2) is 14.4 Å². The minimum Gasteiger partial charge on any atom is -0.393 e. The molecule has 0 bridgehead atoms. The molecule has 0 aliphatic heterocycles. The molecule has 2 aliphatic carbocycles. The van der Waals surface area contributed by atoms with Crippen LogP contribution in [0.15, 0.2) is 30.5 Å². The van der Waals surface area contributed by atoms with Gasteiger partial charge in [0.2, 0.25) is 11.9 Å². The van der Waals surface area contributed by atoms with Gasteiger partial charge in [0.05, 0.1) is 18.0 Å². The first-order valence-corrected chi connectivity index (χ1v) is 10.9. The molecule has 0 amide bonds. The van der Waals surface area contributed by atoms with Crippen LogP contribution in [-0.2, 0) is 0 Å². The van der Waals surface area contributed by atoms with E-state index in [1.165, 1.54) is 18.9 Å². The molecule has 0 unspecified atom stereocenters. The number of para-hydroxylation sites is 1. The monoisotopic (exact) mass is 426 g/mol. The highest BCUT2D eigenvalue weighted by atomic mass is 19.1. The highest BCUT2D eigenvalue weighted by molar-refractivity contribution is 5.76. The standard InChI is InChI=1S/C22H27FN6O.CH4/c23-17-7-3-4-8-18(17)26-22-27-19-13-24-21(25-14-9-11-16(30)12-10-14)28-20(19)29(22)15-5-1-2-6-15;/h3-4,7-8,13-16,30H,1-2,5-6,9-12H2,(H,26,27)(H,24,25,28);1H4. The van der Waals surface area contributed by atoms with Crippen molar-refractivity contribution in [3.05, 3.63) is 36.3 Å². The third kappa shape index (κ3) is 4.49. The largest absolute Gasteiger partial charge is 0.393 e. The number of rotatable bonds is 5. The summed E-state index contributed by atoms with van der Waals surface area (Å²) >= 11 is 0. The zero-order valence-corrected chi connectivity index (χ0v) is 16.9. The Morgan fingerprint density at radius 2 is 1.74 bits per heavy atom. The molecule has 5 rings (SSSR count). The zero-order valence-electron chi connectivity index (χ0n) is 16.9. The molecule has 3 aromatic rings. The van der Waals surface area contributed by atoms with Crippen LogP contribution in [0.2, 0.25) is 0 Å². The maximum absolute atomic E-state index is 14.2. The van der Waals surface area contributed by atoms with Gasteiger partial charge in [0, 0.05) is 12.1 Å². The summed E-state index contributed by atoms with van der Waals surface area (Å²) in [6.45, 7) is 0. The fourth-order valence-electron chi connectivity index (χ4n) is 4.64. The van der Waals surface area contributed by atoms with Crippen molar-refractivity contribution >= 4 is 28.7 Å². The van der Waals surface area contributed by atoms with Gasteiger partial charge in [0.15, 0.2) is 5.65 Å². The van der Waals surface area contributed by atoms with Gasteiger partial charge in [-0.3, -0.25) is 4.57 Å². The number of benzene rings is 1. The first-order valence-electron chi connectivity index (χ1n) is 10.9. The van der Waals surface area contributed by atoms with Crippen LogP contribution in [0.3, 0.4) is 0 Å². The lowest BCUT2D eigenvalue weighted by Gasteiger charge is -2.26. The van der Waals surface area contributed by atoms with Crippen LogP contribution in [0, 0.1) is 5.82 Å².